The number of hydrogen-bond donors (Lipinski definition) is 2. The Balaban J connectivity index is 1.71. The van der Waals surface area contributed by atoms with Crippen molar-refractivity contribution >= 4 is 23.2 Å². The van der Waals surface area contributed by atoms with E-state index in [0.717, 1.165) is 28.0 Å². The number of anilines is 1. The number of thiophene rings is 1. The van der Waals surface area contributed by atoms with E-state index in [4.69, 9.17) is 20.4 Å². The molecule has 0 bridgehead atoms. The van der Waals surface area contributed by atoms with Crippen molar-refractivity contribution in [3.8, 4) is 39.7 Å². The number of methoxy groups -OCH3 is 1. The summed E-state index contributed by atoms with van der Waals surface area (Å²) >= 11 is 1.66. The highest BCUT2D eigenvalue weighted by molar-refractivity contribution is 7.08. The highest BCUT2D eigenvalue weighted by atomic mass is 32.1. The molecule has 0 saturated carbocycles. The molecule has 0 atom stereocenters. The Morgan fingerprint density at radius 1 is 1.11 bits per heavy atom. The van der Waals surface area contributed by atoms with Gasteiger partial charge in [-0.2, -0.15) is 16.3 Å². The molecule has 2 aromatic heterocycles. The van der Waals surface area contributed by atoms with Crippen LogP contribution in [0.3, 0.4) is 0 Å². The number of ether oxygens (including phenoxy) is 1. The maximum atomic E-state index is 7.44. The Kier molecular flexibility index (Phi) is 4.67. The van der Waals surface area contributed by atoms with Gasteiger partial charge in [0.25, 0.3) is 5.89 Å². The van der Waals surface area contributed by atoms with E-state index in [1.54, 1.807) is 36.6 Å². The Morgan fingerprint density at radius 3 is 2.64 bits per heavy atom. The first kappa shape index (κ1) is 17.9. The maximum absolute atomic E-state index is 7.44. The largest absolute Gasteiger partial charge is 0.496 e. The van der Waals surface area contributed by atoms with Gasteiger partial charge in [-0.05, 0) is 65.2 Å². The third-order valence-corrected chi connectivity index (χ3v) is 5.38. The SMILES string of the molecule is COc1cc(-c2nc(-c3ccc(N)c(C=N)c3)no2)ccc1-c1cscc1C. The van der Waals surface area contributed by atoms with Crippen molar-refractivity contribution in [3.63, 3.8) is 0 Å². The zero-order valence-corrected chi connectivity index (χ0v) is 16.2. The second kappa shape index (κ2) is 7.28. The fourth-order valence-corrected chi connectivity index (χ4v) is 3.83. The molecule has 0 aliphatic rings. The van der Waals surface area contributed by atoms with Crippen molar-refractivity contribution in [3.05, 3.63) is 58.3 Å². The summed E-state index contributed by atoms with van der Waals surface area (Å²) in [6.07, 6.45) is 1.20. The smallest absolute Gasteiger partial charge is 0.258 e. The Morgan fingerprint density at radius 2 is 1.93 bits per heavy atom. The van der Waals surface area contributed by atoms with E-state index in [-0.39, 0.29) is 0 Å². The molecule has 3 N–H and O–H groups in total. The first-order chi connectivity index (χ1) is 13.6. The molecule has 28 heavy (non-hydrogen) atoms. The van der Waals surface area contributed by atoms with E-state index in [0.29, 0.717) is 23.0 Å². The quantitative estimate of drug-likeness (QED) is 0.368. The van der Waals surface area contributed by atoms with Crippen LogP contribution >= 0.6 is 11.3 Å². The first-order valence-corrected chi connectivity index (χ1v) is 9.50. The van der Waals surface area contributed by atoms with E-state index < -0.39 is 0 Å². The lowest BCUT2D eigenvalue weighted by Gasteiger charge is -2.09. The fraction of sp³-hybridized carbons (Fsp3) is 0.0952. The summed E-state index contributed by atoms with van der Waals surface area (Å²) in [5.41, 5.74) is 11.9. The van der Waals surface area contributed by atoms with Gasteiger partial charge in [-0.15, -0.1) is 0 Å². The molecular formula is C21H18N4O2S. The van der Waals surface area contributed by atoms with Crippen LogP contribution in [0.5, 0.6) is 5.75 Å². The zero-order chi connectivity index (χ0) is 19.7. The molecule has 0 amide bonds. The summed E-state index contributed by atoms with van der Waals surface area (Å²) < 4.78 is 11.1. The van der Waals surface area contributed by atoms with Crippen LogP contribution in [0.4, 0.5) is 5.69 Å². The van der Waals surface area contributed by atoms with Gasteiger partial charge in [0.05, 0.1) is 7.11 Å². The average molecular weight is 390 g/mol. The van der Waals surface area contributed by atoms with Crippen molar-refractivity contribution in [2.45, 2.75) is 6.92 Å². The van der Waals surface area contributed by atoms with E-state index >= 15 is 0 Å². The molecule has 4 aromatic rings. The highest BCUT2D eigenvalue weighted by Gasteiger charge is 2.15. The van der Waals surface area contributed by atoms with Crippen LogP contribution in [-0.2, 0) is 0 Å². The number of aromatic nitrogens is 2. The van der Waals surface area contributed by atoms with Crippen molar-refractivity contribution in [2.75, 3.05) is 12.8 Å². The molecule has 0 unspecified atom stereocenters. The number of benzene rings is 2. The number of aryl methyl sites for hydroxylation is 1. The molecular weight excluding hydrogens is 372 g/mol. The molecule has 2 aromatic carbocycles. The predicted molar refractivity (Wildman–Crippen MR) is 112 cm³/mol. The average Bonchev–Trinajstić information content (AvgIpc) is 3.37. The van der Waals surface area contributed by atoms with E-state index in [2.05, 4.69) is 27.8 Å². The fourth-order valence-electron chi connectivity index (χ4n) is 2.98. The molecule has 2 heterocycles. The number of nitrogens with one attached hydrogen (secondary N) is 1. The third-order valence-electron chi connectivity index (χ3n) is 4.52. The van der Waals surface area contributed by atoms with Gasteiger partial charge in [0, 0.05) is 34.2 Å². The normalized spacial score (nSPS) is 10.8. The molecule has 0 saturated heterocycles. The summed E-state index contributed by atoms with van der Waals surface area (Å²) in [5, 5.41) is 15.7. The van der Waals surface area contributed by atoms with Crippen LogP contribution in [0, 0.1) is 12.3 Å². The molecule has 0 radical (unpaired) electrons. The van der Waals surface area contributed by atoms with Crippen molar-refractivity contribution in [1.29, 1.82) is 5.41 Å². The summed E-state index contributed by atoms with van der Waals surface area (Å²) in [6.45, 7) is 2.08. The summed E-state index contributed by atoms with van der Waals surface area (Å²) in [5.74, 6) is 1.59. The molecule has 0 fully saturated rings. The topological polar surface area (TPSA) is 98.0 Å². The number of nitrogens with zero attached hydrogens (tertiary/aromatic N) is 2. The molecule has 6 nitrogen and oxygen atoms in total. The van der Waals surface area contributed by atoms with Crippen molar-refractivity contribution < 1.29 is 9.26 Å². The van der Waals surface area contributed by atoms with Gasteiger partial charge in [-0.3, -0.25) is 0 Å². The minimum absolute atomic E-state index is 0.398. The Hall–Kier alpha value is -3.45. The van der Waals surface area contributed by atoms with Gasteiger partial charge in [-0.1, -0.05) is 5.16 Å². The van der Waals surface area contributed by atoms with Crippen LogP contribution in [0.1, 0.15) is 11.1 Å². The Labute approximate surface area is 166 Å². The lowest BCUT2D eigenvalue weighted by Crippen LogP contribution is -1.93. The van der Waals surface area contributed by atoms with Crippen molar-refractivity contribution in [2.24, 2.45) is 0 Å². The van der Waals surface area contributed by atoms with Gasteiger partial charge in [0.15, 0.2) is 0 Å². The van der Waals surface area contributed by atoms with Gasteiger partial charge in [0.2, 0.25) is 5.82 Å². The lowest BCUT2D eigenvalue weighted by atomic mass is 10.0. The van der Waals surface area contributed by atoms with Crippen LogP contribution < -0.4 is 10.5 Å². The molecule has 0 spiro atoms. The van der Waals surface area contributed by atoms with E-state index in [1.165, 1.54) is 11.8 Å². The maximum Gasteiger partial charge on any atom is 0.258 e. The number of rotatable bonds is 5. The monoisotopic (exact) mass is 390 g/mol. The summed E-state index contributed by atoms with van der Waals surface area (Å²) in [4.78, 5) is 4.49. The second-order valence-corrected chi connectivity index (χ2v) is 7.04. The number of nitrogen functional groups attached to an aromatic ring is 1. The molecule has 7 heteroatoms. The summed E-state index contributed by atoms with van der Waals surface area (Å²) in [6, 6.07) is 11.1. The minimum Gasteiger partial charge on any atom is -0.496 e. The van der Waals surface area contributed by atoms with E-state index in [9.17, 15) is 0 Å². The van der Waals surface area contributed by atoms with E-state index in [1.807, 2.05) is 18.2 Å². The van der Waals surface area contributed by atoms with Crippen molar-refractivity contribution in [1.82, 2.24) is 10.1 Å². The predicted octanol–water partition coefficient (Wildman–Crippen LogP) is 5.03. The van der Waals surface area contributed by atoms with Gasteiger partial charge < -0.3 is 20.4 Å². The van der Waals surface area contributed by atoms with Crippen LogP contribution in [0.25, 0.3) is 34.0 Å². The summed E-state index contributed by atoms with van der Waals surface area (Å²) in [7, 11) is 1.65. The zero-order valence-electron chi connectivity index (χ0n) is 15.4. The number of nitrogens with two attached hydrogens (primary N) is 1. The molecule has 0 aliphatic carbocycles. The second-order valence-electron chi connectivity index (χ2n) is 6.29. The molecule has 0 aliphatic heterocycles. The lowest BCUT2D eigenvalue weighted by molar-refractivity contribution is 0.414. The highest BCUT2D eigenvalue weighted by Crippen LogP contribution is 2.37. The minimum atomic E-state index is 0.398. The van der Waals surface area contributed by atoms with Gasteiger partial charge in [0.1, 0.15) is 5.75 Å². The standard InChI is InChI=1S/C21H18N4O2S/c1-12-10-28-11-17(12)16-5-3-14(8-19(16)26-2)21-24-20(25-27-21)13-4-6-18(23)15(7-13)9-22/h3-11,22H,23H2,1-2H3. The van der Waals surface area contributed by atoms with Crippen LogP contribution in [-0.4, -0.2) is 23.5 Å². The molecule has 4 rings (SSSR count). The van der Waals surface area contributed by atoms with Gasteiger partial charge in [-0.25, -0.2) is 0 Å². The Bertz CT molecular complexity index is 1160. The van der Waals surface area contributed by atoms with Crippen LogP contribution in [0.2, 0.25) is 0 Å². The number of hydrogen-bond acceptors (Lipinski definition) is 7. The van der Waals surface area contributed by atoms with Crippen LogP contribution in [0.15, 0.2) is 51.7 Å². The van der Waals surface area contributed by atoms with Gasteiger partial charge >= 0.3 is 0 Å². The molecule has 140 valence electrons. The third kappa shape index (κ3) is 3.16. The first-order valence-electron chi connectivity index (χ1n) is 8.56.